The number of anilines is 2. The largest absolute Gasteiger partial charge is 0.508 e. The summed E-state index contributed by atoms with van der Waals surface area (Å²) in [7, 11) is 0. The van der Waals surface area contributed by atoms with Gasteiger partial charge in [0.05, 0.1) is 5.69 Å². The molecule has 0 atom stereocenters. The molecular weight excluding hydrogens is 230 g/mol. The van der Waals surface area contributed by atoms with Crippen LogP contribution in [-0.2, 0) is 0 Å². The normalized spacial score (nSPS) is 10.3. The zero-order valence-electron chi connectivity index (χ0n) is 10.2. The fraction of sp³-hybridized carbons (Fsp3) is 0.143. The summed E-state index contributed by atoms with van der Waals surface area (Å²) in [5.41, 5.74) is 3.07. The van der Waals surface area contributed by atoms with Crippen LogP contribution in [0.1, 0.15) is 11.1 Å². The van der Waals surface area contributed by atoms with Crippen LogP contribution in [-0.4, -0.2) is 15.3 Å². The van der Waals surface area contributed by atoms with Gasteiger partial charge in [0, 0.05) is 23.9 Å². The second kappa shape index (κ2) is 4.49. The van der Waals surface area contributed by atoms with E-state index < -0.39 is 0 Å². The molecule has 0 radical (unpaired) electrons. The fourth-order valence-corrected chi connectivity index (χ4v) is 1.72. The Morgan fingerprint density at radius 3 is 1.94 bits per heavy atom. The molecule has 0 aliphatic rings. The van der Waals surface area contributed by atoms with E-state index in [-0.39, 0.29) is 17.2 Å². The highest BCUT2D eigenvalue weighted by Crippen LogP contribution is 2.32. The Morgan fingerprint density at radius 1 is 0.778 bits per heavy atom. The van der Waals surface area contributed by atoms with Crippen LogP contribution < -0.4 is 5.32 Å². The predicted octanol–water partition coefficient (Wildman–Crippen LogP) is 3.16. The smallest absolute Gasteiger partial charge is 0.139 e. The van der Waals surface area contributed by atoms with Gasteiger partial charge >= 0.3 is 0 Å². The van der Waals surface area contributed by atoms with Gasteiger partial charge in [-0.25, -0.2) is 0 Å². The first-order valence-corrected chi connectivity index (χ1v) is 5.56. The molecule has 2 rings (SSSR count). The summed E-state index contributed by atoms with van der Waals surface area (Å²) in [6, 6.07) is 7.65. The van der Waals surface area contributed by atoms with Gasteiger partial charge in [-0.1, -0.05) is 0 Å². The van der Waals surface area contributed by atoms with E-state index in [1.807, 2.05) is 19.9 Å². The molecular formula is C14H15NO3. The van der Waals surface area contributed by atoms with Crippen LogP contribution in [0.25, 0.3) is 0 Å². The van der Waals surface area contributed by atoms with Crippen molar-refractivity contribution in [2.75, 3.05) is 5.32 Å². The van der Waals surface area contributed by atoms with E-state index >= 15 is 0 Å². The van der Waals surface area contributed by atoms with Crippen LogP contribution in [0.4, 0.5) is 11.4 Å². The highest BCUT2D eigenvalue weighted by molar-refractivity contribution is 5.69. The minimum atomic E-state index is -0.0409. The van der Waals surface area contributed by atoms with Gasteiger partial charge in [-0.2, -0.15) is 0 Å². The highest BCUT2D eigenvalue weighted by atomic mass is 16.3. The Labute approximate surface area is 105 Å². The average Bonchev–Trinajstić information content (AvgIpc) is 2.24. The van der Waals surface area contributed by atoms with Gasteiger partial charge in [-0.15, -0.1) is 0 Å². The van der Waals surface area contributed by atoms with Crippen molar-refractivity contribution in [2.45, 2.75) is 13.8 Å². The molecule has 0 heterocycles. The number of rotatable bonds is 2. The summed E-state index contributed by atoms with van der Waals surface area (Å²) in [6.45, 7) is 3.86. The third-order valence-corrected chi connectivity index (χ3v) is 2.79. The number of hydrogen-bond donors (Lipinski definition) is 4. The molecule has 94 valence electrons. The molecule has 18 heavy (non-hydrogen) atoms. The maximum absolute atomic E-state index is 9.83. The molecule has 4 heteroatoms. The first-order valence-electron chi connectivity index (χ1n) is 5.56. The van der Waals surface area contributed by atoms with Crippen LogP contribution in [0.5, 0.6) is 17.2 Å². The number of aromatic hydroxyl groups is 3. The molecule has 0 unspecified atom stereocenters. The van der Waals surface area contributed by atoms with Gasteiger partial charge in [0.1, 0.15) is 17.2 Å². The van der Waals surface area contributed by atoms with Crippen molar-refractivity contribution >= 4 is 11.4 Å². The third-order valence-electron chi connectivity index (χ3n) is 2.79. The van der Waals surface area contributed by atoms with Gasteiger partial charge in [0.15, 0.2) is 0 Å². The number of phenolic OH excluding ortho intramolecular Hbond substituents is 3. The third kappa shape index (κ3) is 2.48. The average molecular weight is 245 g/mol. The molecule has 2 aromatic rings. The van der Waals surface area contributed by atoms with E-state index in [9.17, 15) is 15.3 Å². The van der Waals surface area contributed by atoms with Crippen molar-refractivity contribution in [3.8, 4) is 17.2 Å². The summed E-state index contributed by atoms with van der Waals surface area (Å²) < 4.78 is 0. The van der Waals surface area contributed by atoms with Crippen molar-refractivity contribution in [3.05, 3.63) is 41.5 Å². The summed E-state index contributed by atoms with van der Waals surface area (Å²) in [5.74, 6) is 0.0441. The molecule has 0 amide bonds. The SMILES string of the molecule is Cc1cc(O)c(Nc2cc(O)cc(O)c2)cc1C. The molecule has 0 fully saturated rings. The first-order chi connectivity index (χ1) is 8.45. The number of phenols is 3. The standard InChI is InChI=1S/C14H15NO3/c1-8-3-13(14(18)4-9(8)2)15-10-5-11(16)7-12(17)6-10/h3-7,15-18H,1-2H3. The Bertz CT molecular complexity index is 574. The minimum absolute atomic E-state index is 0.0409. The van der Waals surface area contributed by atoms with E-state index in [1.165, 1.54) is 18.2 Å². The van der Waals surface area contributed by atoms with Gasteiger partial charge in [-0.3, -0.25) is 0 Å². The van der Waals surface area contributed by atoms with E-state index in [1.54, 1.807) is 6.07 Å². The quantitative estimate of drug-likeness (QED) is 0.613. The molecule has 0 spiro atoms. The Hall–Kier alpha value is -2.36. The summed E-state index contributed by atoms with van der Waals surface area (Å²) >= 11 is 0. The van der Waals surface area contributed by atoms with Crippen LogP contribution in [0.3, 0.4) is 0 Å². The van der Waals surface area contributed by atoms with Crippen LogP contribution in [0.2, 0.25) is 0 Å². The molecule has 0 aliphatic heterocycles. The van der Waals surface area contributed by atoms with Gasteiger partial charge in [0.25, 0.3) is 0 Å². The second-order valence-electron chi connectivity index (χ2n) is 4.32. The van der Waals surface area contributed by atoms with Gasteiger partial charge in [-0.05, 0) is 37.1 Å². The topological polar surface area (TPSA) is 72.7 Å². The highest BCUT2D eigenvalue weighted by Gasteiger charge is 2.06. The van der Waals surface area contributed by atoms with E-state index in [4.69, 9.17) is 0 Å². The molecule has 4 nitrogen and oxygen atoms in total. The van der Waals surface area contributed by atoms with Crippen molar-refractivity contribution in [1.29, 1.82) is 0 Å². The molecule has 0 aromatic heterocycles. The molecule has 0 saturated heterocycles. The number of aryl methyl sites for hydroxylation is 2. The lowest BCUT2D eigenvalue weighted by atomic mass is 10.1. The maximum Gasteiger partial charge on any atom is 0.139 e. The summed E-state index contributed by atoms with van der Waals surface area (Å²) in [6.07, 6.45) is 0. The first kappa shape index (κ1) is 12.1. The Kier molecular flexibility index (Phi) is 3.02. The van der Waals surface area contributed by atoms with E-state index in [0.29, 0.717) is 11.4 Å². The van der Waals surface area contributed by atoms with Crippen molar-refractivity contribution < 1.29 is 15.3 Å². The van der Waals surface area contributed by atoms with Crippen LogP contribution >= 0.6 is 0 Å². The Morgan fingerprint density at radius 2 is 1.33 bits per heavy atom. The zero-order valence-corrected chi connectivity index (χ0v) is 10.2. The van der Waals surface area contributed by atoms with Gasteiger partial charge < -0.3 is 20.6 Å². The van der Waals surface area contributed by atoms with Gasteiger partial charge in [0.2, 0.25) is 0 Å². The lowest BCUT2D eigenvalue weighted by molar-refractivity contribution is 0.451. The molecule has 0 bridgehead atoms. The van der Waals surface area contributed by atoms with Crippen LogP contribution in [0.15, 0.2) is 30.3 Å². The predicted molar refractivity (Wildman–Crippen MR) is 70.6 cm³/mol. The molecule has 0 aliphatic carbocycles. The molecule has 2 aromatic carbocycles. The molecule has 0 saturated carbocycles. The van der Waals surface area contributed by atoms with Crippen molar-refractivity contribution in [3.63, 3.8) is 0 Å². The number of hydrogen-bond acceptors (Lipinski definition) is 4. The summed E-state index contributed by atoms with van der Waals surface area (Å²) in [5, 5.41) is 31.5. The number of nitrogens with one attached hydrogen (secondary N) is 1. The van der Waals surface area contributed by atoms with Crippen molar-refractivity contribution in [2.24, 2.45) is 0 Å². The monoisotopic (exact) mass is 245 g/mol. The Balaban J connectivity index is 2.36. The second-order valence-corrected chi connectivity index (χ2v) is 4.32. The van der Waals surface area contributed by atoms with E-state index in [0.717, 1.165) is 11.1 Å². The van der Waals surface area contributed by atoms with Crippen LogP contribution in [0, 0.1) is 13.8 Å². The fourth-order valence-electron chi connectivity index (χ4n) is 1.72. The maximum atomic E-state index is 9.83. The minimum Gasteiger partial charge on any atom is -0.508 e. The number of benzene rings is 2. The summed E-state index contributed by atoms with van der Waals surface area (Å²) in [4.78, 5) is 0. The lowest BCUT2D eigenvalue weighted by Crippen LogP contribution is -1.93. The van der Waals surface area contributed by atoms with E-state index in [2.05, 4.69) is 5.32 Å². The van der Waals surface area contributed by atoms with Crippen molar-refractivity contribution in [1.82, 2.24) is 0 Å². The molecule has 4 N–H and O–H groups in total. The lowest BCUT2D eigenvalue weighted by Gasteiger charge is -2.11. The zero-order chi connectivity index (χ0) is 13.3.